The number of hydrogen-bond donors (Lipinski definition) is 1. The van der Waals surface area contributed by atoms with Gasteiger partial charge in [-0.2, -0.15) is 0 Å². The summed E-state index contributed by atoms with van der Waals surface area (Å²) >= 11 is 0. The van der Waals surface area contributed by atoms with E-state index in [0.29, 0.717) is 38.4 Å². The van der Waals surface area contributed by atoms with Crippen molar-refractivity contribution in [3.8, 4) is 11.5 Å². The van der Waals surface area contributed by atoms with Crippen molar-refractivity contribution in [3.05, 3.63) is 72.1 Å². The van der Waals surface area contributed by atoms with Crippen molar-refractivity contribution in [2.75, 3.05) is 33.1 Å². The maximum atomic E-state index is 13.3. The third-order valence-corrected chi connectivity index (χ3v) is 5.23. The molecular formula is C24H27FN2O5. The van der Waals surface area contributed by atoms with E-state index in [4.69, 9.17) is 19.0 Å². The molecule has 170 valence electrons. The van der Waals surface area contributed by atoms with Crippen LogP contribution in [0.5, 0.6) is 11.5 Å². The van der Waals surface area contributed by atoms with E-state index in [9.17, 15) is 9.50 Å². The SMILES string of the molecule is C=CCOCC(O)CN(Cc1ccc(F)cc1)CC1CC(c2ccc3c(c2)OCO3)=NO1. The van der Waals surface area contributed by atoms with Crippen LogP contribution in [0.4, 0.5) is 4.39 Å². The van der Waals surface area contributed by atoms with Gasteiger partial charge in [0.2, 0.25) is 6.79 Å². The number of aliphatic hydroxyl groups is 1. The quantitative estimate of drug-likeness (QED) is 0.426. The van der Waals surface area contributed by atoms with Crippen LogP contribution >= 0.6 is 0 Å². The molecule has 2 aromatic rings. The van der Waals surface area contributed by atoms with Crippen LogP contribution in [0.3, 0.4) is 0 Å². The predicted molar refractivity (Wildman–Crippen MR) is 117 cm³/mol. The summed E-state index contributed by atoms with van der Waals surface area (Å²) in [5.41, 5.74) is 2.71. The highest BCUT2D eigenvalue weighted by molar-refractivity contribution is 6.01. The topological polar surface area (TPSA) is 72.8 Å². The van der Waals surface area contributed by atoms with Gasteiger partial charge in [0.25, 0.3) is 0 Å². The molecule has 0 aliphatic carbocycles. The molecule has 2 atom stereocenters. The van der Waals surface area contributed by atoms with Crippen molar-refractivity contribution in [2.45, 2.75) is 25.2 Å². The number of oxime groups is 1. The summed E-state index contributed by atoms with van der Waals surface area (Å²) in [5.74, 6) is 1.15. The van der Waals surface area contributed by atoms with Crippen molar-refractivity contribution in [1.82, 2.24) is 4.90 Å². The van der Waals surface area contributed by atoms with Gasteiger partial charge in [-0.1, -0.05) is 23.4 Å². The lowest BCUT2D eigenvalue weighted by Gasteiger charge is -2.27. The Morgan fingerprint density at radius 3 is 2.84 bits per heavy atom. The molecule has 2 aromatic carbocycles. The van der Waals surface area contributed by atoms with Crippen LogP contribution < -0.4 is 9.47 Å². The fourth-order valence-electron chi connectivity index (χ4n) is 3.75. The molecule has 0 radical (unpaired) electrons. The van der Waals surface area contributed by atoms with Crippen molar-refractivity contribution in [2.24, 2.45) is 5.16 Å². The summed E-state index contributed by atoms with van der Waals surface area (Å²) < 4.78 is 29.5. The third-order valence-electron chi connectivity index (χ3n) is 5.23. The first-order valence-corrected chi connectivity index (χ1v) is 10.6. The molecule has 0 saturated heterocycles. The Bertz CT molecular complexity index is 950. The molecule has 2 heterocycles. The molecule has 4 rings (SSSR count). The van der Waals surface area contributed by atoms with E-state index in [1.807, 2.05) is 18.2 Å². The zero-order chi connectivity index (χ0) is 22.3. The summed E-state index contributed by atoms with van der Waals surface area (Å²) in [4.78, 5) is 7.76. The lowest BCUT2D eigenvalue weighted by atomic mass is 10.0. The molecule has 7 nitrogen and oxygen atoms in total. The smallest absolute Gasteiger partial charge is 0.231 e. The molecular weight excluding hydrogens is 415 g/mol. The first kappa shape index (κ1) is 22.3. The van der Waals surface area contributed by atoms with E-state index in [-0.39, 0.29) is 25.3 Å². The minimum Gasteiger partial charge on any atom is -0.454 e. The van der Waals surface area contributed by atoms with E-state index in [2.05, 4.69) is 16.6 Å². The van der Waals surface area contributed by atoms with Crippen molar-refractivity contribution < 1.29 is 28.5 Å². The number of ether oxygens (including phenoxy) is 3. The molecule has 2 aliphatic heterocycles. The number of halogens is 1. The summed E-state index contributed by atoms with van der Waals surface area (Å²) in [6.07, 6.45) is 1.43. The number of fused-ring (bicyclic) bond motifs is 1. The molecule has 0 fully saturated rings. The Balaban J connectivity index is 1.37. The van der Waals surface area contributed by atoms with Crippen LogP contribution in [0.25, 0.3) is 0 Å². The molecule has 0 saturated carbocycles. The number of nitrogens with zero attached hydrogens (tertiary/aromatic N) is 2. The minimum atomic E-state index is -0.675. The second-order valence-corrected chi connectivity index (χ2v) is 7.84. The molecule has 0 aromatic heterocycles. The zero-order valence-electron chi connectivity index (χ0n) is 17.8. The molecule has 0 spiro atoms. The Morgan fingerprint density at radius 2 is 2.03 bits per heavy atom. The maximum Gasteiger partial charge on any atom is 0.231 e. The van der Waals surface area contributed by atoms with Crippen LogP contribution in [0.1, 0.15) is 17.5 Å². The van der Waals surface area contributed by atoms with E-state index >= 15 is 0 Å². The van der Waals surface area contributed by atoms with Crippen LogP contribution in [0, 0.1) is 5.82 Å². The Morgan fingerprint density at radius 1 is 1.22 bits per heavy atom. The summed E-state index contributed by atoms with van der Waals surface area (Å²) in [5, 5.41) is 14.7. The molecule has 0 amide bonds. The van der Waals surface area contributed by atoms with Gasteiger partial charge in [-0.3, -0.25) is 4.90 Å². The Labute approximate surface area is 186 Å². The molecule has 32 heavy (non-hydrogen) atoms. The fourth-order valence-corrected chi connectivity index (χ4v) is 3.75. The Hall–Kier alpha value is -2.94. The highest BCUT2D eigenvalue weighted by Gasteiger charge is 2.27. The summed E-state index contributed by atoms with van der Waals surface area (Å²) in [7, 11) is 0. The minimum absolute atomic E-state index is 0.169. The van der Waals surface area contributed by atoms with Gasteiger partial charge in [0.1, 0.15) is 11.9 Å². The number of aliphatic hydroxyl groups excluding tert-OH is 1. The standard InChI is InChI=1S/C24H27FN2O5/c1-2-9-29-15-20(28)13-27(12-17-3-6-19(25)7-4-17)14-21-11-22(26-32-21)18-5-8-23-24(10-18)31-16-30-23/h2-8,10,20-21,28H,1,9,11-16H2. The zero-order valence-corrected chi connectivity index (χ0v) is 17.8. The van der Waals surface area contributed by atoms with Crippen molar-refractivity contribution in [3.63, 3.8) is 0 Å². The molecule has 8 heteroatoms. The lowest BCUT2D eigenvalue weighted by molar-refractivity contribution is 0.00335. The second kappa shape index (κ2) is 10.6. The van der Waals surface area contributed by atoms with Crippen molar-refractivity contribution in [1.29, 1.82) is 0 Å². The van der Waals surface area contributed by atoms with E-state index < -0.39 is 6.10 Å². The van der Waals surface area contributed by atoms with E-state index in [1.165, 1.54) is 12.1 Å². The predicted octanol–water partition coefficient (Wildman–Crippen LogP) is 3.11. The van der Waals surface area contributed by atoms with Gasteiger partial charge >= 0.3 is 0 Å². The van der Waals surface area contributed by atoms with E-state index in [1.54, 1.807) is 18.2 Å². The Kier molecular flexibility index (Phi) is 7.36. The van der Waals surface area contributed by atoms with E-state index in [0.717, 1.165) is 22.6 Å². The van der Waals surface area contributed by atoms with Gasteiger partial charge < -0.3 is 24.2 Å². The van der Waals surface area contributed by atoms with Gasteiger partial charge in [0.05, 0.1) is 25.0 Å². The highest BCUT2D eigenvalue weighted by atomic mass is 19.1. The molecule has 2 unspecified atom stereocenters. The molecule has 2 aliphatic rings. The van der Waals surface area contributed by atoms with Gasteiger partial charge in [-0.25, -0.2) is 4.39 Å². The second-order valence-electron chi connectivity index (χ2n) is 7.84. The third kappa shape index (κ3) is 5.85. The normalized spacial score (nSPS) is 17.8. The summed E-state index contributed by atoms with van der Waals surface area (Å²) in [6.45, 7) is 5.89. The van der Waals surface area contributed by atoms with Crippen LogP contribution in [-0.4, -0.2) is 61.0 Å². The largest absolute Gasteiger partial charge is 0.454 e. The van der Waals surface area contributed by atoms with Crippen LogP contribution in [0.15, 0.2) is 60.3 Å². The summed E-state index contributed by atoms with van der Waals surface area (Å²) in [6, 6.07) is 12.1. The fraction of sp³-hybridized carbons (Fsp3) is 0.375. The first-order valence-electron chi connectivity index (χ1n) is 10.6. The molecule has 1 N–H and O–H groups in total. The average molecular weight is 442 g/mol. The van der Waals surface area contributed by atoms with Gasteiger partial charge in [0.15, 0.2) is 11.5 Å². The monoisotopic (exact) mass is 442 g/mol. The average Bonchev–Trinajstić information content (AvgIpc) is 3.44. The maximum absolute atomic E-state index is 13.3. The van der Waals surface area contributed by atoms with Crippen LogP contribution in [-0.2, 0) is 16.1 Å². The van der Waals surface area contributed by atoms with Crippen molar-refractivity contribution >= 4 is 5.71 Å². The van der Waals surface area contributed by atoms with Gasteiger partial charge in [-0.15, -0.1) is 6.58 Å². The number of hydrogen-bond acceptors (Lipinski definition) is 7. The lowest BCUT2D eigenvalue weighted by Crippen LogP contribution is -2.39. The number of benzene rings is 2. The highest BCUT2D eigenvalue weighted by Crippen LogP contribution is 2.33. The van der Waals surface area contributed by atoms with Gasteiger partial charge in [0, 0.05) is 31.6 Å². The van der Waals surface area contributed by atoms with Gasteiger partial charge in [-0.05, 0) is 35.9 Å². The molecule has 0 bridgehead atoms. The first-order chi connectivity index (χ1) is 15.6. The number of rotatable bonds is 11. The van der Waals surface area contributed by atoms with Crippen LogP contribution in [0.2, 0.25) is 0 Å².